The molecule has 0 unspecified atom stereocenters. The average Bonchev–Trinajstić information content (AvgIpc) is 2.48. The highest BCUT2D eigenvalue weighted by atomic mass is 79.9. The van der Waals surface area contributed by atoms with Crippen molar-refractivity contribution in [1.29, 1.82) is 5.26 Å². The Kier molecular flexibility index (Phi) is 3.41. The Bertz CT molecular complexity index is 478. The smallest absolute Gasteiger partial charge is 0.0693 e. The van der Waals surface area contributed by atoms with E-state index in [0.29, 0.717) is 6.42 Å². The average molecular weight is 320 g/mol. The van der Waals surface area contributed by atoms with Gasteiger partial charge in [-0.1, -0.05) is 28.1 Å². The van der Waals surface area contributed by atoms with Crippen molar-refractivity contribution >= 4 is 15.9 Å². The fourth-order valence-corrected chi connectivity index (χ4v) is 3.81. The van der Waals surface area contributed by atoms with Crippen molar-refractivity contribution in [2.75, 3.05) is 6.61 Å². The standard InChI is InChI=1S/C16H18BrNO/c17-14-4-2-13(3-5-14)15-7-9-16(10-8-15,19-12-15)6-1-11-18/h2-5H,1,6-10,12H2. The molecule has 0 atom stereocenters. The van der Waals surface area contributed by atoms with Crippen LogP contribution in [-0.4, -0.2) is 12.2 Å². The Labute approximate surface area is 122 Å². The maximum Gasteiger partial charge on any atom is 0.0693 e. The number of rotatable bonds is 3. The normalized spacial score (nSPS) is 33.1. The van der Waals surface area contributed by atoms with Gasteiger partial charge in [-0.05, 0) is 49.8 Å². The lowest BCUT2D eigenvalue weighted by Crippen LogP contribution is -2.53. The monoisotopic (exact) mass is 319 g/mol. The fourth-order valence-electron chi connectivity index (χ4n) is 3.55. The highest BCUT2D eigenvalue weighted by Crippen LogP contribution is 2.51. The predicted octanol–water partition coefficient (Wildman–Crippen LogP) is 4.33. The summed E-state index contributed by atoms with van der Waals surface area (Å²) < 4.78 is 7.32. The third kappa shape index (κ3) is 2.32. The van der Waals surface area contributed by atoms with Crippen molar-refractivity contribution in [2.24, 2.45) is 0 Å². The van der Waals surface area contributed by atoms with Gasteiger partial charge in [-0.15, -0.1) is 0 Å². The molecule has 2 bridgehead atoms. The van der Waals surface area contributed by atoms with Crippen molar-refractivity contribution in [3.8, 4) is 6.07 Å². The largest absolute Gasteiger partial charge is 0.374 e. The number of ether oxygens (including phenoxy) is 1. The van der Waals surface area contributed by atoms with Gasteiger partial charge >= 0.3 is 0 Å². The third-order valence-corrected chi connectivity index (χ3v) is 5.45. The van der Waals surface area contributed by atoms with Crippen LogP contribution in [0.2, 0.25) is 0 Å². The molecule has 1 aromatic rings. The molecule has 1 aromatic carbocycles. The van der Waals surface area contributed by atoms with E-state index in [1.807, 2.05) is 0 Å². The molecule has 0 amide bonds. The van der Waals surface area contributed by atoms with Crippen LogP contribution in [-0.2, 0) is 10.2 Å². The molecule has 1 aliphatic carbocycles. The Morgan fingerprint density at radius 1 is 1.16 bits per heavy atom. The van der Waals surface area contributed by atoms with Gasteiger partial charge in [-0.3, -0.25) is 0 Å². The minimum Gasteiger partial charge on any atom is -0.374 e. The SMILES string of the molecule is N#CCCC12CCC(c3ccc(Br)cc3)(CC1)CO2. The first-order valence-electron chi connectivity index (χ1n) is 6.95. The van der Waals surface area contributed by atoms with Gasteiger partial charge in [-0.2, -0.15) is 5.26 Å². The Morgan fingerprint density at radius 3 is 2.37 bits per heavy atom. The summed E-state index contributed by atoms with van der Waals surface area (Å²) in [5, 5.41) is 8.76. The second kappa shape index (κ2) is 4.92. The van der Waals surface area contributed by atoms with Gasteiger partial charge in [0.1, 0.15) is 0 Å². The first-order valence-corrected chi connectivity index (χ1v) is 7.74. The van der Waals surface area contributed by atoms with Crippen LogP contribution in [0.25, 0.3) is 0 Å². The molecular formula is C16H18BrNO. The fraction of sp³-hybridized carbons (Fsp3) is 0.562. The van der Waals surface area contributed by atoms with Crippen molar-refractivity contribution in [3.05, 3.63) is 34.3 Å². The zero-order chi connectivity index (χ0) is 13.3. The lowest BCUT2D eigenvalue weighted by atomic mass is 9.62. The lowest BCUT2D eigenvalue weighted by molar-refractivity contribution is -0.159. The Morgan fingerprint density at radius 2 is 1.84 bits per heavy atom. The van der Waals surface area contributed by atoms with E-state index >= 15 is 0 Å². The second-order valence-electron chi connectivity index (χ2n) is 5.92. The van der Waals surface area contributed by atoms with Gasteiger partial charge in [0.05, 0.1) is 18.3 Å². The molecule has 2 nitrogen and oxygen atoms in total. The summed E-state index contributed by atoms with van der Waals surface area (Å²) in [5.41, 5.74) is 1.63. The summed E-state index contributed by atoms with van der Waals surface area (Å²) in [5.74, 6) is 0. The highest BCUT2D eigenvalue weighted by molar-refractivity contribution is 9.10. The molecule has 0 spiro atoms. The van der Waals surface area contributed by atoms with Gasteiger partial charge in [-0.25, -0.2) is 0 Å². The molecule has 4 rings (SSSR count). The molecule has 3 heteroatoms. The predicted molar refractivity (Wildman–Crippen MR) is 77.8 cm³/mol. The first-order chi connectivity index (χ1) is 9.18. The number of hydrogen-bond donors (Lipinski definition) is 0. The van der Waals surface area contributed by atoms with E-state index in [0.717, 1.165) is 30.3 Å². The summed E-state index contributed by atoms with van der Waals surface area (Å²) in [6, 6.07) is 10.9. The third-order valence-electron chi connectivity index (χ3n) is 4.92. The van der Waals surface area contributed by atoms with E-state index in [2.05, 4.69) is 46.3 Å². The molecule has 0 aromatic heterocycles. The zero-order valence-electron chi connectivity index (χ0n) is 11.0. The summed E-state index contributed by atoms with van der Waals surface area (Å²) in [4.78, 5) is 0. The number of nitrogens with zero attached hydrogens (tertiary/aromatic N) is 1. The number of hydrogen-bond acceptors (Lipinski definition) is 2. The van der Waals surface area contributed by atoms with Crippen LogP contribution in [0, 0.1) is 11.3 Å². The second-order valence-corrected chi connectivity index (χ2v) is 6.83. The molecule has 2 heterocycles. The lowest BCUT2D eigenvalue weighted by Gasteiger charge is -2.53. The molecular weight excluding hydrogens is 302 g/mol. The van der Waals surface area contributed by atoms with Crippen LogP contribution in [0.5, 0.6) is 0 Å². The maximum atomic E-state index is 8.76. The summed E-state index contributed by atoms with van der Waals surface area (Å²) >= 11 is 3.49. The topological polar surface area (TPSA) is 33.0 Å². The highest BCUT2D eigenvalue weighted by Gasteiger charge is 2.49. The van der Waals surface area contributed by atoms with Crippen molar-refractivity contribution in [1.82, 2.24) is 0 Å². The molecule has 3 fully saturated rings. The van der Waals surface area contributed by atoms with Crippen molar-refractivity contribution in [3.63, 3.8) is 0 Å². The molecule has 2 saturated heterocycles. The van der Waals surface area contributed by atoms with E-state index in [4.69, 9.17) is 10.00 Å². The summed E-state index contributed by atoms with van der Waals surface area (Å²) in [6.07, 6.45) is 6.11. The Hall–Kier alpha value is -0.850. The van der Waals surface area contributed by atoms with E-state index in [-0.39, 0.29) is 11.0 Å². The Balaban J connectivity index is 1.77. The van der Waals surface area contributed by atoms with Gasteiger partial charge in [0.15, 0.2) is 0 Å². The minimum absolute atomic E-state index is 0.00679. The van der Waals surface area contributed by atoms with Gasteiger partial charge in [0.2, 0.25) is 0 Å². The first kappa shape index (κ1) is 13.1. The molecule has 0 N–H and O–H groups in total. The zero-order valence-corrected chi connectivity index (χ0v) is 12.6. The van der Waals surface area contributed by atoms with Crippen LogP contribution in [0.4, 0.5) is 0 Å². The van der Waals surface area contributed by atoms with E-state index in [1.54, 1.807) is 0 Å². The molecule has 2 aliphatic heterocycles. The van der Waals surface area contributed by atoms with Crippen molar-refractivity contribution < 1.29 is 4.74 Å². The molecule has 100 valence electrons. The van der Waals surface area contributed by atoms with Crippen LogP contribution >= 0.6 is 15.9 Å². The number of halogens is 1. The van der Waals surface area contributed by atoms with Crippen molar-refractivity contribution in [2.45, 2.75) is 49.5 Å². The quantitative estimate of drug-likeness (QED) is 0.830. The molecule has 3 aliphatic rings. The molecule has 19 heavy (non-hydrogen) atoms. The minimum atomic E-state index is 0.00679. The maximum absolute atomic E-state index is 8.76. The molecule has 1 saturated carbocycles. The summed E-state index contributed by atoms with van der Waals surface area (Å²) in [7, 11) is 0. The number of nitriles is 1. The number of fused-ring (bicyclic) bond motifs is 3. The van der Waals surface area contributed by atoms with Crippen LogP contribution in [0.1, 0.15) is 44.1 Å². The van der Waals surface area contributed by atoms with Gasteiger partial charge < -0.3 is 4.74 Å². The van der Waals surface area contributed by atoms with E-state index in [1.165, 1.54) is 18.4 Å². The van der Waals surface area contributed by atoms with Crippen LogP contribution < -0.4 is 0 Å². The van der Waals surface area contributed by atoms with E-state index in [9.17, 15) is 0 Å². The van der Waals surface area contributed by atoms with Gasteiger partial charge in [0.25, 0.3) is 0 Å². The van der Waals surface area contributed by atoms with E-state index < -0.39 is 0 Å². The van der Waals surface area contributed by atoms with Gasteiger partial charge in [0, 0.05) is 16.3 Å². The summed E-state index contributed by atoms with van der Waals surface area (Å²) in [6.45, 7) is 0.820. The van der Waals surface area contributed by atoms with Crippen LogP contribution in [0.15, 0.2) is 28.7 Å². The molecule has 0 radical (unpaired) electrons. The van der Waals surface area contributed by atoms with Crippen LogP contribution in [0.3, 0.4) is 0 Å². The number of benzene rings is 1.